The van der Waals surface area contributed by atoms with Crippen molar-refractivity contribution in [1.82, 2.24) is 10.6 Å². The lowest BCUT2D eigenvalue weighted by molar-refractivity contribution is 0.342. The molecule has 0 amide bonds. The van der Waals surface area contributed by atoms with E-state index < -0.39 is 0 Å². The number of benzene rings is 1. The quantitative estimate of drug-likeness (QED) is 0.784. The smallest absolute Gasteiger partial charge is 0.191 e. The molecule has 0 radical (unpaired) electrons. The van der Waals surface area contributed by atoms with Gasteiger partial charge in [-0.25, -0.2) is 0 Å². The second-order valence-corrected chi connectivity index (χ2v) is 5.80. The molecule has 1 aromatic rings. The van der Waals surface area contributed by atoms with Gasteiger partial charge in [-0.15, -0.1) is 24.0 Å². The second-order valence-electron chi connectivity index (χ2n) is 5.80. The zero-order valence-corrected chi connectivity index (χ0v) is 13.7. The molecule has 0 aromatic heterocycles. The third-order valence-electron chi connectivity index (χ3n) is 3.93. The van der Waals surface area contributed by atoms with E-state index in [4.69, 9.17) is 0 Å². The van der Waals surface area contributed by atoms with Gasteiger partial charge in [-0.3, -0.25) is 4.99 Å². The second kappa shape index (κ2) is 6.11. The van der Waals surface area contributed by atoms with Gasteiger partial charge in [0, 0.05) is 19.6 Å². The number of hydrogen-bond acceptors (Lipinski definition) is 3. The molecule has 19 heavy (non-hydrogen) atoms. The molecule has 3 rings (SSSR count). The van der Waals surface area contributed by atoms with Crippen LogP contribution < -0.4 is 10.6 Å². The van der Waals surface area contributed by atoms with Gasteiger partial charge in [0.15, 0.2) is 5.96 Å². The number of nitrogens with zero attached hydrogens (tertiary/aromatic N) is 1. The van der Waals surface area contributed by atoms with Crippen molar-refractivity contribution in [3.63, 3.8) is 0 Å². The molecule has 0 fully saturated rings. The van der Waals surface area contributed by atoms with Gasteiger partial charge in [0.05, 0.1) is 0 Å². The molecule has 2 aliphatic rings. The molecule has 2 N–H and O–H groups in total. The summed E-state index contributed by atoms with van der Waals surface area (Å²) in [6.07, 6.45) is 3.49. The van der Waals surface area contributed by atoms with E-state index in [9.17, 15) is 0 Å². The van der Waals surface area contributed by atoms with E-state index in [1.165, 1.54) is 24.0 Å². The van der Waals surface area contributed by atoms with Crippen molar-refractivity contribution >= 4 is 29.9 Å². The van der Waals surface area contributed by atoms with E-state index in [2.05, 4.69) is 46.8 Å². The summed E-state index contributed by atoms with van der Waals surface area (Å²) >= 11 is 0. The molecule has 1 heterocycles. The first kappa shape index (κ1) is 14.6. The molecule has 0 unspecified atom stereocenters. The maximum Gasteiger partial charge on any atom is 0.191 e. The molecule has 0 saturated carbocycles. The third kappa shape index (κ3) is 3.41. The molecular formula is C15H22IN3. The summed E-state index contributed by atoms with van der Waals surface area (Å²) in [5.41, 5.74) is 3.35. The molecule has 0 spiro atoms. The zero-order chi connectivity index (χ0) is 12.4. The van der Waals surface area contributed by atoms with Crippen LogP contribution in [0.3, 0.4) is 0 Å². The van der Waals surface area contributed by atoms with Crippen molar-refractivity contribution < 1.29 is 0 Å². The van der Waals surface area contributed by atoms with E-state index in [0.29, 0.717) is 5.41 Å². The highest BCUT2D eigenvalue weighted by Crippen LogP contribution is 2.35. The van der Waals surface area contributed by atoms with Crippen LogP contribution in [0.1, 0.15) is 24.5 Å². The van der Waals surface area contributed by atoms with Crippen LogP contribution in [0.25, 0.3) is 0 Å². The molecule has 0 bridgehead atoms. The first-order valence-electron chi connectivity index (χ1n) is 6.84. The zero-order valence-electron chi connectivity index (χ0n) is 11.4. The monoisotopic (exact) mass is 371 g/mol. The fraction of sp³-hybridized carbons (Fsp3) is 0.533. The molecule has 104 valence electrons. The van der Waals surface area contributed by atoms with Crippen LogP contribution in [0.15, 0.2) is 29.3 Å². The van der Waals surface area contributed by atoms with E-state index in [-0.39, 0.29) is 24.0 Å². The summed E-state index contributed by atoms with van der Waals surface area (Å²) in [7, 11) is 0. The van der Waals surface area contributed by atoms with E-state index in [1.54, 1.807) is 0 Å². The number of aliphatic imine (C=N–C) groups is 1. The van der Waals surface area contributed by atoms with Crippen LogP contribution in [0.5, 0.6) is 0 Å². The molecule has 0 atom stereocenters. The van der Waals surface area contributed by atoms with Crippen LogP contribution in [-0.2, 0) is 12.8 Å². The van der Waals surface area contributed by atoms with Gasteiger partial charge in [-0.05, 0) is 35.8 Å². The fourth-order valence-electron chi connectivity index (χ4n) is 2.96. The van der Waals surface area contributed by atoms with E-state index >= 15 is 0 Å². The molecule has 1 aliphatic carbocycles. The van der Waals surface area contributed by atoms with Gasteiger partial charge in [-0.1, -0.05) is 31.2 Å². The maximum atomic E-state index is 4.47. The van der Waals surface area contributed by atoms with Gasteiger partial charge in [0.25, 0.3) is 0 Å². The summed E-state index contributed by atoms with van der Waals surface area (Å²) in [5.74, 6) is 0.985. The Balaban J connectivity index is 0.00000133. The number of guanidine groups is 1. The fourth-order valence-corrected chi connectivity index (χ4v) is 2.96. The number of rotatable bonds is 2. The van der Waals surface area contributed by atoms with Gasteiger partial charge in [0.2, 0.25) is 0 Å². The molecule has 1 aromatic carbocycles. The summed E-state index contributed by atoms with van der Waals surface area (Å²) in [6.45, 7) is 5.35. The van der Waals surface area contributed by atoms with Crippen LogP contribution in [0.4, 0.5) is 0 Å². The Labute approximate surface area is 132 Å². The molecular weight excluding hydrogens is 349 g/mol. The lowest BCUT2D eigenvalue weighted by Crippen LogP contribution is -2.45. The third-order valence-corrected chi connectivity index (χ3v) is 3.93. The molecule has 1 aliphatic heterocycles. The Hall–Kier alpha value is -0.780. The van der Waals surface area contributed by atoms with Crippen LogP contribution in [-0.4, -0.2) is 25.6 Å². The molecule has 0 saturated heterocycles. The Bertz CT molecular complexity index is 445. The normalized spacial score (nSPS) is 19.7. The number of halogens is 1. The molecule has 3 nitrogen and oxygen atoms in total. The van der Waals surface area contributed by atoms with Gasteiger partial charge >= 0.3 is 0 Å². The van der Waals surface area contributed by atoms with Crippen molar-refractivity contribution in [2.45, 2.75) is 26.2 Å². The predicted octanol–water partition coefficient (Wildman–Crippen LogP) is 2.35. The largest absolute Gasteiger partial charge is 0.356 e. The van der Waals surface area contributed by atoms with Crippen LogP contribution >= 0.6 is 24.0 Å². The minimum Gasteiger partial charge on any atom is -0.356 e. The highest BCUT2D eigenvalue weighted by Gasteiger charge is 2.32. The Morgan fingerprint density at radius 3 is 2.53 bits per heavy atom. The summed E-state index contributed by atoms with van der Waals surface area (Å²) < 4.78 is 0. The topological polar surface area (TPSA) is 36.4 Å². The SMILES string of the molecule is CC1(CNC2=NCCCN2)Cc2ccccc2C1.I. The van der Waals surface area contributed by atoms with E-state index in [1.807, 2.05) is 0 Å². The maximum absolute atomic E-state index is 4.47. The highest BCUT2D eigenvalue weighted by atomic mass is 127. The van der Waals surface area contributed by atoms with Crippen molar-refractivity contribution in [3.05, 3.63) is 35.4 Å². The average molecular weight is 371 g/mol. The first-order valence-corrected chi connectivity index (χ1v) is 6.84. The van der Waals surface area contributed by atoms with Gasteiger partial charge in [0.1, 0.15) is 0 Å². The highest BCUT2D eigenvalue weighted by molar-refractivity contribution is 14.0. The number of hydrogen-bond donors (Lipinski definition) is 2. The predicted molar refractivity (Wildman–Crippen MR) is 90.3 cm³/mol. The minimum atomic E-state index is 0. The number of fused-ring (bicyclic) bond motifs is 1. The Morgan fingerprint density at radius 1 is 1.26 bits per heavy atom. The van der Waals surface area contributed by atoms with E-state index in [0.717, 1.165) is 32.0 Å². The lowest BCUT2D eigenvalue weighted by atomic mass is 9.87. The average Bonchev–Trinajstić information content (AvgIpc) is 2.74. The van der Waals surface area contributed by atoms with Crippen molar-refractivity contribution in [2.24, 2.45) is 10.4 Å². The Morgan fingerprint density at radius 2 is 1.95 bits per heavy atom. The summed E-state index contributed by atoms with van der Waals surface area (Å²) in [6, 6.07) is 8.81. The summed E-state index contributed by atoms with van der Waals surface area (Å²) in [5, 5.41) is 6.80. The summed E-state index contributed by atoms with van der Waals surface area (Å²) in [4.78, 5) is 4.47. The number of nitrogens with one attached hydrogen (secondary N) is 2. The lowest BCUT2D eigenvalue weighted by Gasteiger charge is -2.26. The van der Waals surface area contributed by atoms with Crippen LogP contribution in [0, 0.1) is 5.41 Å². The van der Waals surface area contributed by atoms with Crippen molar-refractivity contribution in [3.8, 4) is 0 Å². The minimum absolute atomic E-state index is 0. The Kier molecular flexibility index (Phi) is 4.71. The standard InChI is InChI=1S/C15H21N3.HI/c1-15(11-18-14-16-7-4-8-17-14)9-12-5-2-3-6-13(12)10-15;/h2-3,5-6H,4,7-11H2,1H3,(H2,16,17,18);1H. The van der Waals surface area contributed by atoms with Crippen molar-refractivity contribution in [2.75, 3.05) is 19.6 Å². The van der Waals surface area contributed by atoms with Gasteiger partial charge < -0.3 is 10.6 Å². The van der Waals surface area contributed by atoms with Crippen LogP contribution in [0.2, 0.25) is 0 Å². The van der Waals surface area contributed by atoms with Gasteiger partial charge in [-0.2, -0.15) is 0 Å². The van der Waals surface area contributed by atoms with Crippen molar-refractivity contribution in [1.29, 1.82) is 0 Å². The first-order chi connectivity index (χ1) is 8.75. The molecule has 4 heteroatoms.